The fourth-order valence-corrected chi connectivity index (χ4v) is 7.42. The predicted molar refractivity (Wildman–Crippen MR) is 114 cm³/mol. The molecule has 2 aromatic rings. The summed E-state index contributed by atoms with van der Waals surface area (Å²) in [4.78, 5) is 35.0. The van der Waals surface area contributed by atoms with Gasteiger partial charge < -0.3 is 10.4 Å². The Bertz CT molecular complexity index is 1120. The molecule has 4 aliphatic rings. The van der Waals surface area contributed by atoms with Crippen LogP contribution in [0.2, 0.25) is 10.0 Å². The van der Waals surface area contributed by atoms with E-state index in [4.69, 9.17) is 23.2 Å². The van der Waals surface area contributed by atoms with Crippen molar-refractivity contribution in [3.05, 3.63) is 38.8 Å². The molecule has 3 saturated heterocycles. The lowest BCUT2D eigenvalue weighted by Crippen LogP contribution is -2.56. The zero-order valence-corrected chi connectivity index (χ0v) is 18.3. The molecule has 5 heterocycles. The number of fused-ring (bicyclic) bond motifs is 7. The molecule has 1 spiro atoms. The van der Waals surface area contributed by atoms with Crippen molar-refractivity contribution in [3.63, 3.8) is 0 Å². The molecule has 1 aromatic heterocycles. The van der Waals surface area contributed by atoms with Gasteiger partial charge in [0.2, 0.25) is 11.8 Å². The molecule has 0 saturated carbocycles. The number of hydrogen-bond acceptors (Lipinski definition) is 7. The van der Waals surface area contributed by atoms with Crippen LogP contribution in [0.3, 0.4) is 0 Å². The SMILES string of the molecule is Cc1csc(N2C(=O)C3C4CCCN4C4(c5cc(Cl)cc(Cl)c5NC4O)C3C2=O)n1. The fourth-order valence-electron chi connectivity index (χ4n) is 6.06. The number of carbonyl (C=O) groups excluding carboxylic acids is 2. The second-order valence-corrected chi connectivity index (χ2v) is 10.1. The van der Waals surface area contributed by atoms with Crippen LogP contribution in [0, 0.1) is 18.8 Å². The first-order valence-corrected chi connectivity index (χ1v) is 11.5. The van der Waals surface area contributed by atoms with E-state index < -0.39 is 23.6 Å². The van der Waals surface area contributed by atoms with Gasteiger partial charge in [0.15, 0.2) is 5.13 Å². The van der Waals surface area contributed by atoms with Gasteiger partial charge in [-0.05, 0) is 38.4 Å². The van der Waals surface area contributed by atoms with Crippen molar-refractivity contribution < 1.29 is 14.7 Å². The molecule has 7 nitrogen and oxygen atoms in total. The summed E-state index contributed by atoms with van der Waals surface area (Å²) in [6.45, 7) is 2.52. The lowest BCUT2D eigenvalue weighted by Gasteiger charge is -2.40. The number of thiazole rings is 1. The topological polar surface area (TPSA) is 85.8 Å². The molecule has 4 aliphatic heterocycles. The third-order valence-electron chi connectivity index (χ3n) is 7.00. The molecule has 156 valence electrons. The van der Waals surface area contributed by atoms with Crippen LogP contribution in [0.5, 0.6) is 0 Å². The van der Waals surface area contributed by atoms with Gasteiger partial charge in [-0.3, -0.25) is 14.5 Å². The Morgan fingerprint density at radius 3 is 2.83 bits per heavy atom. The van der Waals surface area contributed by atoms with Crippen LogP contribution >= 0.6 is 34.5 Å². The number of amides is 2. The zero-order chi connectivity index (χ0) is 20.9. The van der Waals surface area contributed by atoms with Gasteiger partial charge in [-0.25, -0.2) is 9.88 Å². The van der Waals surface area contributed by atoms with Crippen molar-refractivity contribution in [1.82, 2.24) is 9.88 Å². The molecule has 2 amide bonds. The molecule has 0 aliphatic carbocycles. The van der Waals surface area contributed by atoms with Crippen LogP contribution in [0.15, 0.2) is 17.5 Å². The highest BCUT2D eigenvalue weighted by Crippen LogP contribution is 2.63. The lowest BCUT2D eigenvalue weighted by molar-refractivity contribution is -0.127. The van der Waals surface area contributed by atoms with E-state index in [-0.39, 0.29) is 17.9 Å². The molecule has 5 atom stereocenters. The first kappa shape index (κ1) is 19.0. The minimum absolute atomic E-state index is 0.127. The van der Waals surface area contributed by atoms with E-state index in [9.17, 15) is 14.7 Å². The molecule has 30 heavy (non-hydrogen) atoms. The lowest BCUT2D eigenvalue weighted by atomic mass is 9.75. The van der Waals surface area contributed by atoms with Crippen LogP contribution in [0.1, 0.15) is 24.1 Å². The van der Waals surface area contributed by atoms with E-state index in [1.165, 1.54) is 16.2 Å². The van der Waals surface area contributed by atoms with Crippen molar-refractivity contribution in [2.45, 2.75) is 37.6 Å². The Kier molecular flexibility index (Phi) is 3.91. The second kappa shape index (κ2) is 6.17. The van der Waals surface area contributed by atoms with Crippen molar-refractivity contribution >= 4 is 57.2 Å². The molecule has 0 bridgehead atoms. The van der Waals surface area contributed by atoms with Gasteiger partial charge in [-0.15, -0.1) is 11.3 Å². The van der Waals surface area contributed by atoms with Gasteiger partial charge in [-0.1, -0.05) is 23.2 Å². The van der Waals surface area contributed by atoms with Crippen molar-refractivity contribution in [3.8, 4) is 0 Å². The fraction of sp³-hybridized carbons (Fsp3) is 0.450. The molecule has 6 rings (SSSR count). The largest absolute Gasteiger partial charge is 0.371 e. The molecular weight excluding hydrogens is 447 g/mol. The standard InChI is InChI=1S/C20H18Cl2N4O3S/c1-8-7-30-19(23-8)26-16(27)13-12-3-2-4-25(12)20(14(13)17(26)28)10-5-9(21)6-11(22)15(10)24-18(20)29/h5-7,12-14,18,24,29H,2-4H2,1H3. The minimum Gasteiger partial charge on any atom is -0.371 e. The van der Waals surface area contributed by atoms with Crippen molar-refractivity contribution in [2.75, 3.05) is 16.8 Å². The van der Waals surface area contributed by atoms with E-state index in [2.05, 4.69) is 15.2 Å². The van der Waals surface area contributed by atoms with E-state index in [0.29, 0.717) is 33.0 Å². The number of aliphatic hydroxyl groups is 1. The smallest absolute Gasteiger partial charge is 0.242 e. The van der Waals surface area contributed by atoms with Gasteiger partial charge in [0, 0.05) is 22.0 Å². The summed E-state index contributed by atoms with van der Waals surface area (Å²) in [5.41, 5.74) is 0.925. The van der Waals surface area contributed by atoms with Crippen LogP contribution in [0.25, 0.3) is 0 Å². The van der Waals surface area contributed by atoms with Gasteiger partial charge in [-0.2, -0.15) is 0 Å². The quantitative estimate of drug-likeness (QED) is 0.630. The summed E-state index contributed by atoms with van der Waals surface area (Å²) in [6, 6.07) is 3.25. The molecule has 5 unspecified atom stereocenters. The van der Waals surface area contributed by atoms with Crippen molar-refractivity contribution in [1.29, 1.82) is 0 Å². The number of aliphatic hydroxyl groups excluding tert-OH is 1. The van der Waals surface area contributed by atoms with E-state index in [1.807, 2.05) is 12.3 Å². The Morgan fingerprint density at radius 1 is 1.30 bits per heavy atom. The van der Waals surface area contributed by atoms with Gasteiger partial charge >= 0.3 is 0 Å². The van der Waals surface area contributed by atoms with Gasteiger partial charge in [0.05, 0.1) is 28.2 Å². The Balaban J connectivity index is 1.58. The summed E-state index contributed by atoms with van der Waals surface area (Å²) in [7, 11) is 0. The van der Waals surface area contributed by atoms with Crippen LogP contribution in [-0.2, 0) is 15.1 Å². The first-order chi connectivity index (χ1) is 14.4. The van der Waals surface area contributed by atoms with E-state index >= 15 is 0 Å². The third kappa shape index (κ3) is 2.11. The maximum atomic E-state index is 13.8. The third-order valence-corrected chi connectivity index (χ3v) is 8.46. The normalized spacial score (nSPS) is 34.6. The molecule has 10 heteroatoms. The van der Waals surface area contributed by atoms with Crippen LogP contribution < -0.4 is 10.2 Å². The number of halogens is 2. The Hall–Kier alpha value is -1.71. The number of anilines is 2. The predicted octanol–water partition coefficient (Wildman–Crippen LogP) is 2.98. The summed E-state index contributed by atoms with van der Waals surface area (Å²) in [5.74, 6) is -1.83. The molecule has 3 fully saturated rings. The van der Waals surface area contributed by atoms with Crippen LogP contribution in [0.4, 0.5) is 10.8 Å². The summed E-state index contributed by atoms with van der Waals surface area (Å²) in [6.07, 6.45) is 0.598. The summed E-state index contributed by atoms with van der Waals surface area (Å²) >= 11 is 14.0. The highest BCUT2D eigenvalue weighted by molar-refractivity contribution is 7.14. The number of imide groups is 1. The van der Waals surface area contributed by atoms with Crippen molar-refractivity contribution in [2.24, 2.45) is 11.8 Å². The van der Waals surface area contributed by atoms with Gasteiger partial charge in [0.1, 0.15) is 11.8 Å². The number of carbonyl (C=O) groups is 2. The highest BCUT2D eigenvalue weighted by Gasteiger charge is 2.74. The summed E-state index contributed by atoms with van der Waals surface area (Å²) < 4.78 is 0. The number of benzene rings is 1. The number of nitrogens with zero attached hydrogens (tertiary/aromatic N) is 3. The Labute approximate surface area is 186 Å². The Morgan fingerprint density at radius 2 is 2.10 bits per heavy atom. The number of aromatic nitrogens is 1. The molecular formula is C20H18Cl2N4O3S. The average Bonchev–Trinajstić information content (AvgIpc) is 3.44. The van der Waals surface area contributed by atoms with E-state index in [1.54, 1.807) is 12.1 Å². The van der Waals surface area contributed by atoms with Crippen LogP contribution in [-0.4, -0.2) is 45.6 Å². The second-order valence-electron chi connectivity index (χ2n) is 8.37. The number of hydrogen-bond donors (Lipinski definition) is 2. The average molecular weight is 465 g/mol. The van der Waals surface area contributed by atoms with E-state index in [0.717, 1.165) is 18.5 Å². The van der Waals surface area contributed by atoms with Gasteiger partial charge in [0.25, 0.3) is 0 Å². The molecule has 1 aromatic carbocycles. The maximum Gasteiger partial charge on any atom is 0.242 e. The minimum atomic E-state index is -1.09. The first-order valence-electron chi connectivity index (χ1n) is 9.86. The number of rotatable bonds is 1. The maximum absolute atomic E-state index is 13.8. The monoisotopic (exact) mass is 464 g/mol. The number of aryl methyl sites for hydroxylation is 1. The molecule has 2 N–H and O–H groups in total. The zero-order valence-electron chi connectivity index (χ0n) is 15.9. The summed E-state index contributed by atoms with van der Waals surface area (Å²) in [5, 5.41) is 17.4. The molecule has 0 radical (unpaired) electrons. The number of nitrogens with one attached hydrogen (secondary N) is 1. The highest BCUT2D eigenvalue weighted by atomic mass is 35.5.